The first kappa shape index (κ1) is 23.9. The Kier molecular flexibility index (Phi) is 7.09. The van der Waals surface area contributed by atoms with Crippen LogP contribution >= 0.6 is 0 Å². The van der Waals surface area contributed by atoms with E-state index in [-0.39, 0.29) is 24.0 Å². The number of nitrogens with one attached hydrogen (secondary N) is 1. The molecule has 2 heterocycles. The zero-order valence-electron chi connectivity index (χ0n) is 19.7. The minimum absolute atomic E-state index is 0.0522. The summed E-state index contributed by atoms with van der Waals surface area (Å²) in [6, 6.07) is 11.5. The number of nitro groups is 1. The highest BCUT2D eigenvalue weighted by molar-refractivity contribution is 6.08. The molecule has 1 fully saturated rings. The summed E-state index contributed by atoms with van der Waals surface area (Å²) < 4.78 is 7.15. The van der Waals surface area contributed by atoms with Crippen molar-refractivity contribution in [2.24, 2.45) is 7.05 Å². The lowest BCUT2D eigenvalue weighted by Gasteiger charge is -2.27. The molecule has 2 amide bonds. The van der Waals surface area contributed by atoms with E-state index >= 15 is 0 Å². The molecule has 35 heavy (non-hydrogen) atoms. The molecule has 1 aromatic heterocycles. The lowest BCUT2D eigenvalue weighted by Crippen LogP contribution is -2.37. The number of nitrogens with zero attached hydrogens (tertiary/aromatic N) is 4. The summed E-state index contributed by atoms with van der Waals surface area (Å²) >= 11 is 0. The van der Waals surface area contributed by atoms with Crippen molar-refractivity contribution in [2.45, 2.75) is 32.8 Å². The highest BCUT2D eigenvalue weighted by Crippen LogP contribution is 2.28. The molecule has 182 valence electrons. The third kappa shape index (κ3) is 5.48. The van der Waals surface area contributed by atoms with Gasteiger partial charge in [-0.25, -0.2) is 0 Å². The summed E-state index contributed by atoms with van der Waals surface area (Å²) in [6.45, 7) is 3.21. The van der Waals surface area contributed by atoms with Crippen molar-refractivity contribution in [1.82, 2.24) is 14.7 Å². The first-order valence-electron chi connectivity index (χ1n) is 11.4. The maximum Gasteiger partial charge on any atom is 0.311 e. The fraction of sp³-hybridized carbons (Fsp3) is 0.320. The fourth-order valence-corrected chi connectivity index (χ4v) is 4.08. The van der Waals surface area contributed by atoms with Gasteiger partial charge in [-0.3, -0.25) is 24.4 Å². The Balaban J connectivity index is 1.47. The van der Waals surface area contributed by atoms with Crippen molar-refractivity contribution in [1.29, 1.82) is 0 Å². The number of aryl methyl sites for hydroxylation is 2. The van der Waals surface area contributed by atoms with Gasteiger partial charge in [0.2, 0.25) is 0 Å². The van der Waals surface area contributed by atoms with Gasteiger partial charge in [-0.2, -0.15) is 5.10 Å². The van der Waals surface area contributed by atoms with Crippen molar-refractivity contribution in [3.05, 3.63) is 81.2 Å². The van der Waals surface area contributed by atoms with E-state index in [0.717, 1.165) is 24.8 Å². The highest BCUT2D eigenvalue weighted by atomic mass is 16.6. The average molecular weight is 478 g/mol. The molecule has 10 heteroatoms. The smallest absolute Gasteiger partial charge is 0.311 e. The van der Waals surface area contributed by atoms with Gasteiger partial charge >= 0.3 is 5.69 Å². The number of piperidine rings is 1. The van der Waals surface area contributed by atoms with Gasteiger partial charge in [0.15, 0.2) is 5.75 Å². The fourth-order valence-electron chi connectivity index (χ4n) is 4.08. The molecule has 0 aliphatic carbocycles. The van der Waals surface area contributed by atoms with Crippen LogP contribution in [0.25, 0.3) is 0 Å². The van der Waals surface area contributed by atoms with Crippen LogP contribution in [0.4, 0.5) is 11.4 Å². The van der Waals surface area contributed by atoms with E-state index in [2.05, 4.69) is 10.4 Å². The van der Waals surface area contributed by atoms with E-state index < -0.39 is 10.8 Å². The molecule has 1 aliphatic rings. The normalized spacial score (nSPS) is 13.4. The Labute approximate surface area is 202 Å². The molecular weight excluding hydrogens is 450 g/mol. The molecule has 0 saturated carbocycles. The van der Waals surface area contributed by atoms with Gasteiger partial charge in [-0.15, -0.1) is 0 Å². The van der Waals surface area contributed by atoms with E-state index in [1.54, 1.807) is 55.3 Å². The number of benzene rings is 2. The Bertz CT molecular complexity index is 1260. The Morgan fingerprint density at radius 3 is 2.66 bits per heavy atom. The van der Waals surface area contributed by atoms with E-state index in [0.29, 0.717) is 35.6 Å². The molecule has 1 N–H and O–H groups in total. The van der Waals surface area contributed by atoms with E-state index in [9.17, 15) is 19.7 Å². The van der Waals surface area contributed by atoms with Crippen molar-refractivity contribution < 1.29 is 19.2 Å². The second kappa shape index (κ2) is 10.4. The third-order valence-electron chi connectivity index (χ3n) is 5.93. The SMILES string of the molecule is Cc1ccc(OCc2cccc(C(=O)Nc3cnn(C)c3C(=O)N3CCCCC3)c2)c([N+](=O)[O-])c1. The maximum absolute atomic E-state index is 13.0. The number of nitro benzene ring substituents is 1. The van der Waals surface area contributed by atoms with Gasteiger partial charge in [-0.05, 0) is 55.5 Å². The predicted octanol–water partition coefficient (Wildman–Crippen LogP) is 4.09. The molecule has 0 radical (unpaired) electrons. The topological polar surface area (TPSA) is 120 Å². The zero-order valence-corrected chi connectivity index (χ0v) is 19.7. The number of carbonyl (C=O) groups is 2. The largest absolute Gasteiger partial charge is 0.482 e. The van der Waals surface area contributed by atoms with Crippen molar-refractivity contribution in [3.63, 3.8) is 0 Å². The maximum atomic E-state index is 13.0. The van der Waals surface area contributed by atoms with E-state index in [4.69, 9.17) is 4.74 Å². The summed E-state index contributed by atoms with van der Waals surface area (Å²) in [5, 5.41) is 18.3. The zero-order chi connectivity index (χ0) is 24.9. The minimum Gasteiger partial charge on any atom is -0.482 e. The van der Waals surface area contributed by atoms with Crippen LogP contribution in [-0.2, 0) is 13.7 Å². The standard InChI is InChI=1S/C25H27N5O5/c1-17-9-10-22(21(13-17)30(33)34)35-16-18-7-6-8-19(14-18)24(31)27-20-15-26-28(2)23(20)25(32)29-11-4-3-5-12-29/h6-10,13-15H,3-5,11-12,16H2,1-2H3,(H,27,31). The molecule has 1 saturated heterocycles. The van der Waals surface area contributed by atoms with Crippen LogP contribution < -0.4 is 10.1 Å². The molecule has 4 rings (SSSR count). The minimum atomic E-state index is -0.483. The van der Waals surface area contributed by atoms with Crippen LogP contribution in [0, 0.1) is 17.0 Å². The molecule has 10 nitrogen and oxygen atoms in total. The summed E-state index contributed by atoms with van der Waals surface area (Å²) in [5.74, 6) is -0.387. The van der Waals surface area contributed by atoms with Crippen molar-refractivity contribution in [2.75, 3.05) is 18.4 Å². The monoisotopic (exact) mass is 477 g/mol. The van der Waals surface area contributed by atoms with Gasteiger partial charge < -0.3 is 15.0 Å². The molecule has 0 spiro atoms. The molecule has 1 aliphatic heterocycles. The van der Waals surface area contributed by atoms with Crippen LogP contribution in [0.5, 0.6) is 5.75 Å². The number of hydrogen-bond donors (Lipinski definition) is 1. The Morgan fingerprint density at radius 1 is 1.14 bits per heavy atom. The first-order valence-corrected chi connectivity index (χ1v) is 11.4. The van der Waals surface area contributed by atoms with Gasteiger partial charge in [0.1, 0.15) is 12.3 Å². The summed E-state index contributed by atoms with van der Waals surface area (Å²) in [5.41, 5.74) is 2.38. The van der Waals surface area contributed by atoms with Crippen LogP contribution in [-0.4, -0.2) is 44.5 Å². The van der Waals surface area contributed by atoms with Crippen LogP contribution in [0.15, 0.2) is 48.7 Å². The Hall–Kier alpha value is -4.21. The highest BCUT2D eigenvalue weighted by Gasteiger charge is 2.25. The quantitative estimate of drug-likeness (QED) is 0.404. The van der Waals surface area contributed by atoms with E-state index in [1.807, 2.05) is 0 Å². The van der Waals surface area contributed by atoms with E-state index in [1.165, 1.54) is 16.9 Å². The van der Waals surface area contributed by atoms with Gasteiger partial charge in [0.05, 0.1) is 16.8 Å². The van der Waals surface area contributed by atoms with Gasteiger partial charge in [0, 0.05) is 31.8 Å². The average Bonchev–Trinajstić information content (AvgIpc) is 3.22. The molecule has 0 bridgehead atoms. The van der Waals surface area contributed by atoms with Crippen LogP contribution in [0.1, 0.15) is 51.2 Å². The van der Waals surface area contributed by atoms with Crippen molar-refractivity contribution >= 4 is 23.2 Å². The van der Waals surface area contributed by atoms with Crippen LogP contribution in [0.3, 0.4) is 0 Å². The molecule has 3 aromatic rings. The van der Waals surface area contributed by atoms with Gasteiger partial charge in [0.25, 0.3) is 11.8 Å². The van der Waals surface area contributed by atoms with Crippen LogP contribution in [0.2, 0.25) is 0 Å². The number of hydrogen-bond acceptors (Lipinski definition) is 6. The first-order chi connectivity index (χ1) is 16.8. The number of likely N-dealkylation sites (tertiary alicyclic amines) is 1. The molecule has 2 aromatic carbocycles. The summed E-state index contributed by atoms with van der Waals surface area (Å²) in [7, 11) is 1.68. The second-order valence-electron chi connectivity index (χ2n) is 8.55. The number of rotatable bonds is 7. The molecular formula is C25H27N5O5. The Morgan fingerprint density at radius 2 is 1.91 bits per heavy atom. The number of aromatic nitrogens is 2. The summed E-state index contributed by atoms with van der Waals surface area (Å²) in [6.07, 6.45) is 4.51. The molecule has 0 unspecified atom stereocenters. The lowest BCUT2D eigenvalue weighted by molar-refractivity contribution is -0.386. The van der Waals surface area contributed by atoms with Crippen molar-refractivity contribution in [3.8, 4) is 5.75 Å². The second-order valence-corrected chi connectivity index (χ2v) is 8.55. The number of carbonyl (C=O) groups excluding carboxylic acids is 2. The molecule has 0 atom stereocenters. The lowest BCUT2D eigenvalue weighted by atomic mass is 10.1. The van der Waals surface area contributed by atoms with Gasteiger partial charge in [-0.1, -0.05) is 18.2 Å². The number of anilines is 1. The predicted molar refractivity (Wildman–Crippen MR) is 130 cm³/mol. The third-order valence-corrected chi connectivity index (χ3v) is 5.93. The summed E-state index contributed by atoms with van der Waals surface area (Å²) in [4.78, 5) is 38.6. The number of ether oxygens (including phenoxy) is 1. The number of amides is 2.